The third-order valence-electron chi connectivity index (χ3n) is 5.45. The minimum absolute atomic E-state index is 0.0334. The van der Waals surface area contributed by atoms with Crippen LogP contribution in [0, 0.1) is 16.7 Å². The van der Waals surface area contributed by atoms with Gasteiger partial charge >= 0.3 is 0 Å². The summed E-state index contributed by atoms with van der Waals surface area (Å²) < 4.78 is 17.6. The molecule has 0 atom stereocenters. The summed E-state index contributed by atoms with van der Waals surface area (Å²) in [6, 6.07) is 22.4. The molecule has 0 N–H and O–H groups in total. The first-order chi connectivity index (χ1) is 16.9. The summed E-state index contributed by atoms with van der Waals surface area (Å²) in [4.78, 5) is 31.4. The molecule has 5 aromatic rings. The fraction of sp³-hybridized carbons (Fsp3) is 0.0769. The summed E-state index contributed by atoms with van der Waals surface area (Å²) in [5.74, 6) is -0.562. The molecule has 0 spiro atoms. The number of carbonyl (C=O) groups excluding carboxylic acids is 1. The van der Waals surface area contributed by atoms with Crippen LogP contribution in [0.4, 0.5) is 4.39 Å². The minimum Gasteiger partial charge on any atom is -0.293 e. The van der Waals surface area contributed by atoms with Gasteiger partial charge in [0.25, 0.3) is 5.56 Å². The van der Waals surface area contributed by atoms with Crippen molar-refractivity contribution in [3.05, 3.63) is 110 Å². The Labute approximate surface area is 213 Å². The van der Waals surface area contributed by atoms with Gasteiger partial charge in [-0.05, 0) is 67.2 Å². The number of ketones is 1. The Morgan fingerprint density at radius 1 is 1.00 bits per heavy atom. The van der Waals surface area contributed by atoms with Crippen molar-refractivity contribution >= 4 is 51.4 Å². The first-order valence-electron chi connectivity index (χ1n) is 10.7. The third kappa shape index (κ3) is 4.50. The summed E-state index contributed by atoms with van der Waals surface area (Å²) in [5.41, 5.74) is 3.10. The Bertz CT molecular complexity index is 1670. The second-order valence-corrected chi connectivity index (χ2v) is 10.3. The van der Waals surface area contributed by atoms with Crippen molar-refractivity contribution in [1.82, 2.24) is 14.1 Å². The van der Waals surface area contributed by atoms with Gasteiger partial charge in [-0.15, -0.1) is 0 Å². The highest BCUT2D eigenvalue weighted by Gasteiger charge is 2.20. The second kappa shape index (κ2) is 9.69. The van der Waals surface area contributed by atoms with E-state index in [4.69, 9.17) is 17.2 Å². The average Bonchev–Trinajstić information content (AvgIpc) is 3.20. The molecule has 5 rings (SSSR count). The fourth-order valence-electron chi connectivity index (χ4n) is 3.71. The van der Waals surface area contributed by atoms with E-state index in [9.17, 15) is 14.0 Å². The summed E-state index contributed by atoms with van der Waals surface area (Å²) >= 11 is 8.02. The lowest BCUT2D eigenvalue weighted by molar-refractivity contribution is 0.102. The topological polar surface area (TPSA) is 56.9 Å². The lowest BCUT2D eigenvalue weighted by atomic mass is 10.1. The maximum Gasteiger partial charge on any atom is 0.278 e. The van der Waals surface area contributed by atoms with E-state index < -0.39 is 5.82 Å². The Morgan fingerprint density at radius 3 is 2.40 bits per heavy atom. The molecule has 9 heteroatoms. The molecule has 0 unspecified atom stereocenters. The zero-order valence-electron chi connectivity index (χ0n) is 18.5. The number of benzene rings is 3. The molecule has 35 heavy (non-hydrogen) atoms. The van der Waals surface area contributed by atoms with Gasteiger partial charge in [0, 0.05) is 5.56 Å². The average molecular weight is 520 g/mol. The van der Waals surface area contributed by atoms with E-state index in [-0.39, 0.29) is 17.1 Å². The highest BCUT2D eigenvalue weighted by Crippen LogP contribution is 2.28. The highest BCUT2D eigenvalue weighted by molar-refractivity contribution is 7.99. The van der Waals surface area contributed by atoms with Crippen LogP contribution in [0.2, 0.25) is 0 Å². The predicted octanol–water partition coefficient (Wildman–Crippen LogP) is 6.39. The van der Waals surface area contributed by atoms with E-state index in [2.05, 4.69) is 0 Å². The number of Topliss-reactive ketones (excluding diaryl/α,β-unsaturated/α-hetero) is 1. The zero-order chi connectivity index (χ0) is 24.5. The van der Waals surface area contributed by atoms with Gasteiger partial charge in [-0.3, -0.25) is 18.7 Å². The van der Waals surface area contributed by atoms with Crippen molar-refractivity contribution in [3.63, 3.8) is 0 Å². The first kappa shape index (κ1) is 23.3. The van der Waals surface area contributed by atoms with Gasteiger partial charge in [-0.25, -0.2) is 9.37 Å². The molecule has 2 heterocycles. The molecule has 0 amide bonds. The van der Waals surface area contributed by atoms with Crippen molar-refractivity contribution in [1.29, 1.82) is 0 Å². The Hall–Kier alpha value is -3.40. The van der Waals surface area contributed by atoms with Gasteiger partial charge in [0.15, 0.2) is 20.5 Å². The van der Waals surface area contributed by atoms with Crippen LogP contribution in [0.5, 0.6) is 0 Å². The molecule has 0 aliphatic rings. The molecule has 0 saturated heterocycles. The lowest BCUT2D eigenvalue weighted by Gasteiger charge is -2.13. The number of rotatable bonds is 6. The fourth-order valence-corrected chi connectivity index (χ4v) is 5.90. The number of nitrogens with zero attached hydrogens (tertiary/aromatic N) is 3. The number of thiazole rings is 1. The Morgan fingerprint density at radius 2 is 1.69 bits per heavy atom. The quantitative estimate of drug-likeness (QED) is 0.113. The molecular formula is C26H18FN3O2S3. The molecule has 0 aliphatic carbocycles. The molecule has 0 aliphatic heterocycles. The summed E-state index contributed by atoms with van der Waals surface area (Å²) in [6.07, 6.45) is 0. The van der Waals surface area contributed by atoms with Gasteiger partial charge in [0.2, 0.25) is 0 Å². The second-order valence-electron chi connectivity index (χ2n) is 7.73. The number of halogens is 1. The summed E-state index contributed by atoms with van der Waals surface area (Å²) in [5, 5.41) is 0.374. The van der Waals surface area contributed by atoms with Crippen LogP contribution in [-0.2, 0) is 0 Å². The van der Waals surface area contributed by atoms with Crippen LogP contribution < -0.4 is 5.56 Å². The van der Waals surface area contributed by atoms with Crippen molar-refractivity contribution in [3.8, 4) is 11.4 Å². The van der Waals surface area contributed by atoms with E-state index in [1.807, 2.05) is 66.1 Å². The van der Waals surface area contributed by atoms with Crippen molar-refractivity contribution in [2.45, 2.75) is 12.1 Å². The first-order valence-corrected chi connectivity index (χ1v) is 12.9. The normalized spacial score (nSPS) is 11.1. The van der Waals surface area contributed by atoms with E-state index in [1.165, 1.54) is 40.2 Å². The molecule has 174 valence electrons. The minimum atomic E-state index is -0.405. The van der Waals surface area contributed by atoms with Crippen LogP contribution in [0.15, 0.2) is 88.8 Å². The van der Waals surface area contributed by atoms with E-state index >= 15 is 0 Å². The number of aryl methyl sites for hydroxylation is 1. The van der Waals surface area contributed by atoms with Gasteiger partial charge in [0.05, 0.1) is 17.1 Å². The maximum atomic E-state index is 13.7. The molecule has 0 fully saturated rings. The van der Waals surface area contributed by atoms with Crippen LogP contribution in [0.25, 0.3) is 21.7 Å². The number of hydrogen-bond donors (Lipinski definition) is 0. The molecule has 0 saturated carbocycles. The van der Waals surface area contributed by atoms with Crippen LogP contribution in [-0.4, -0.2) is 25.7 Å². The SMILES string of the molecule is Cc1ccccc1-n1c(=S)sc2c(=O)n(-c3ccccc3)c(SCC(=O)c3ccc(F)cc3)nc21. The Kier molecular flexibility index (Phi) is 6.46. The number of aromatic nitrogens is 3. The standard InChI is InChI=1S/C26H18FN3O2S3/c1-16-7-5-6-10-20(16)30-23-22(35-26(30)33)24(32)29(19-8-3-2-4-9-19)25(28-23)34-15-21(31)17-11-13-18(27)14-12-17/h2-14H,15H2,1H3. The van der Waals surface area contributed by atoms with Gasteiger partial charge in [0.1, 0.15) is 10.5 Å². The number of para-hydroxylation sites is 2. The van der Waals surface area contributed by atoms with Gasteiger partial charge in [-0.1, -0.05) is 59.5 Å². The molecular weight excluding hydrogens is 502 g/mol. The van der Waals surface area contributed by atoms with Crippen LogP contribution >= 0.6 is 35.3 Å². The Balaban J connectivity index is 1.67. The monoisotopic (exact) mass is 519 g/mol. The van der Waals surface area contributed by atoms with E-state index in [0.29, 0.717) is 30.7 Å². The molecule has 2 aromatic heterocycles. The van der Waals surface area contributed by atoms with Crippen molar-refractivity contribution in [2.75, 3.05) is 5.75 Å². The summed E-state index contributed by atoms with van der Waals surface area (Å²) in [6.45, 7) is 1.98. The van der Waals surface area contributed by atoms with Crippen molar-refractivity contribution < 1.29 is 9.18 Å². The summed E-state index contributed by atoms with van der Waals surface area (Å²) in [7, 11) is 0. The number of thioether (sulfide) groups is 1. The lowest BCUT2D eigenvalue weighted by Crippen LogP contribution is -2.22. The number of carbonyl (C=O) groups is 1. The van der Waals surface area contributed by atoms with Gasteiger partial charge in [-0.2, -0.15) is 0 Å². The van der Waals surface area contributed by atoms with Crippen LogP contribution in [0.1, 0.15) is 15.9 Å². The van der Waals surface area contributed by atoms with Gasteiger partial charge < -0.3 is 0 Å². The molecule has 0 bridgehead atoms. The van der Waals surface area contributed by atoms with E-state index in [0.717, 1.165) is 23.0 Å². The van der Waals surface area contributed by atoms with Crippen molar-refractivity contribution in [2.24, 2.45) is 0 Å². The number of hydrogen-bond acceptors (Lipinski definition) is 6. The molecule has 3 aromatic carbocycles. The molecule has 0 radical (unpaired) electrons. The largest absolute Gasteiger partial charge is 0.293 e. The smallest absolute Gasteiger partial charge is 0.278 e. The third-order valence-corrected chi connectivity index (χ3v) is 7.74. The predicted molar refractivity (Wildman–Crippen MR) is 142 cm³/mol. The zero-order valence-corrected chi connectivity index (χ0v) is 20.9. The molecule has 5 nitrogen and oxygen atoms in total. The maximum absolute atomic E-state index is 13.7. The highest BCUT2D eigenvalue weighted by atomic mass is 32.2. The number of fused-ring (bicyclic) bond motifs is 1. The van der Waals surface area contributed by atoms with E-state index in [1.54, 1.807) is 0 Å². The van der Waals surface area contributed by atoms with Crippen LogP contribution in [0.3, 0.4) is 0 Å².